The maximum absolute atomic E-state index is 11.8. The molecule has 0 unspecified atom stereocenters. The number of ether oxygens (including phenoxy) is 1. The summed E-state index contributed by atoms with van der Waals surface area (Å²) in [5.41, 5.74) is 2.34. The minimum Gasteiger partial charge on any atom is -0.479 e. The lowest BCUT2D eigenvalue weighted by Crippen LogP contribution is -2.34. The lowest BCUT2D eigenvalue weighted by Gasteiger charge is -2.15. The van der Waals surface area contributed by atoms with Gasteiger partial charge in [0.15, 0.2) is 6.04 Å². The highest BCUT2D eigenvalue weighted by Gasteiger charge is 2.22. The number of alkyl carbamates (subject to hydrolysis) is 1. The van der Waals surface area contributed by atoms with Crippen molar-refractivity contribution < 1.29 is 19.4 Å². The highest BCUT2D eigenvalue weighted by atomic mass is 16.5. The van der Waals surface area contributed by atoms with Crippen LogP contribution < -0.4 is 5.32 Å². The van der Waals surface area contributed by atoms with Crippen LogP contribution in [0.15, 0.2) is 54.6 Å². The van der Waals surface area contributed by atoms with Crippen LogP contribution in [-0.4, -0.2) is 17.2 Å². The largest absolute Gasteiger partial charge is 0.479 e. The van der Waals surface area contributed by atoms with E-state index in [1.54, 1.807) is 24.3 Å². The van der Waals surface area contributed by atoms with E-state index < -0.39 is 18.1 Å². The molecule has 0 saturated heterocycles. The van der Waals surface area contributed by atoms with E-state index in [9.17, 15) is 14.7 Å². The zero-order valence-corrected chi connectivity index (χ0v) is 12.2. The summed E-state index contributed by atoms with van der Waals surface area (Å²) < 4.78 is 5.04. The first-order valence-electron chi connectivity index (χ1n) is 6.83. The maximum Gasteiger partial charge on any atom is 0.408 e. The predicted octanol–water partition coefficient (Wildman–Crippen LogP) is 3.05. The SMILES string of the molecule is Cc1ccc([C@H](NC(=O)OCc2ccccc2)C(=O)O)cc1. The fraction of sp³-hybridized carbons (Fsp3) is 0.176. The molecule has 1 amide bonds. The van der Waals surface area contributed by atoms with Gasteiger partial charge in [-0.25, -0.2) is 9.59 Å². The zero-order chi connectivity index (χ0) is 15.9. The van der Waals surface area contributed by atoms with Crippen LogP contribution in [0.25, 0.3) is 0 Å². The van der Waals surface area contributed by atoms with E-state index in [1.807, 2.05) is 37.3 Å². The predicted molar refractivity (Wildman–Crippen MR) is 81.3 cm³/mol. The number of carboxylic acids is 1. The van der Waals surface area contributed by atoms with Crippen LogP contribution in [0.2, 0.25) is 0 Å². The fourth-order valence-corrected chi connectivity index (χ4v) is 1.93. The topological polar surface area (TPSA) is 75.6 Å². The third-order valence-corrected chi connectivity index (χ3v) is 3.13. The first-order valence-corrected chi connectivity index (χ1v) is 6.83. The van der Waals surface area contributed by atoms with Crippen molar-refractivity contribution in [3.63, 3.8) is 0 Å². The summed E-state index contributed by atoms with van der Waals surface area (Å²) in [6.07, 6.45) is -0.767. The number of rotatable bonds is 5. The molecule has 114 valence electrons. The summed E-state index contributed by atoms with van der Waals surface area (Å²) in [6, 6.07) is 15.0. The standard InChI is InChI=1S/C17H17NO4/c1-12-7-9-14(10-8-12)15(16(19)20)18-17(21)22-11-13-5-3-2-4-6-13/h2-10,15H,11H2,1H3,(H,18,21)(H,19,20)/t15-/m0/s1. The van der Waals surface area contributed by atoms with Crippen molar-refractivity contribution in [2.45, 2.75) is 19.6 Å². The number of hydrogen-bond acceptors (Lipinski definition) is 3. The van der Waals surface area contributed by atoms with Gasteiger partial charge in [-0.05, 0) is 18.1 Å². The Balaban J connectivity index is 1.97. The molecule has 0 fully saturated rings. The molecule has 0 radical (unpaired) electrons. The lowest BCUT2D eigenvalue weighted by molar-refractivity contribution is -0.139. The van der Waals surface area contributed by atoms with Crippen LogP contribution >= 0.6 is 0 Å². The molecule has 2 aromatic rings. The van der Waals surface area contributed by atoms with E-state index in [-0.39, 0.29) is 6.61 Å². The maximum atomic E-state index is 11.8. The van der Waals surface area contributed by atoms with E-state index >= 15 is 0 Å². The van der Waals surface area contributed by atoms with E-state index in [4.69, 9.17) is 4.74 Å². The molecule has 0 aliphatic rings. The normalized spacial score (nSPS) is 11.5. The Labute approximate surface area is 128 Å². The quantitative estimate of drug-likeness (QED) is 0.889. The molecule has 2 N–H and O–H groups in total. The second kappa shape index (κ2) is 7.26. The molecule has 5 heteroatoms. The Kier molecular flexibility index (Phi) is 5.14. The van der Waals surface area contributed by atoms with Gasteiger partial charge in [0.25, 0.3) is 0 Å². The van der Waals surface area contributed by atoms with E-state index in [0.29, 0.717) is 5.56 Å². The molecule has 0 heterocycles. The van der Waals surface area contributed by atoms with E-state index in [0.717, 1.165) is 11.1 Å². The molecular weight excluding hydrogens is 282 g/mol. The van der Waals surface area contributed by atoms with Gasteiger partial charge in [-0.15, -0.1) is 0 Å². The van der Waals surface area contributed by atoms with Gasteiger partial charge in [-0.3, -0.25) is 0 Å². The van der Waals surface area contributed by atoms with Crippen molar-refractivity contribution in [3.05, 3.63) is 71.3 Å². The van der Waals surface area contributed by atoms with Gasteiger partial charge in [0.1, 0.15) is 6.61 Å². The van der Waals surface area contributed by atoms with Gasteiger partial charge in [-0.1, -0.05) is 60.2 Å². The van der Waals surface area contributed by atoms with Crippen LogP contribution in [0.3, 0.4) is 0 Å². The Hall–Kier alpha value is -2.82. The fourth-order valence-electron chi connectivity index (χ4n) is 1.93. The third-order valence-electron chi connectivity index (χ3n) is 3.13. The average Bonchev–Trinajstić information content (AvgIpc) is 2.52. The molecule has 5 nitrogen and oxygen atoms in total. The van der Waals surface area contributed by atoms with Gasteiger partial charge in [0.2, 0.25) is 0 Å². The Morgan fingerprint density at radius 2 is 1.73 bits per heavy atom. The molecule has 2 rings (SSSR count). The number of aryl methyl sites for hydroxylation is 1. The van der Waals surface area contributed by atoms with Gasteiger partial charge in [0, 0.05) is 0 Å². The van der Waals surface area contributed by atoms with Crippen molar-refractivity contribution >= 4 is 12.1 Å². The number of carbonyl (C=O) groups excluding carboxylic acids is 1. The Morgan fingerprint density at radius 1 is 1.09 bits per heavy atom. The lowest BCUT2D eigenvalue weighted by atomic mass is 10.1. The van der Waals surface area contributed by atoms with Crippen LogP contribution in [0.1, 0.15) is 22.7 Å². The summed E-state index contributed by atoms with van der Waals surface area (Å²) in [5.74, 6) is -1.14. The molecule has 0 aliphatic carbocycles. The van der Waals surface area contributed by atoms with E-state index in [2.05, 4.69) is 5.32 Å². The molecule has 0 saturated carbocycles. The van der Waals surface area contributed by atoms with Crippen molar-refractivity contribution in [1.29, 1.82) is 0 Å². The first-order chi connectivity index (χ1) is 10.6. The van der Waals surface area contributed by atoms with Crippen LogP contribution in [0, 0.1) is 6.92 Å². The minimum absolute atomic E-state index is 0.0902. The van der Waals surface area contributed by atoms with Gasteiger partial charge < -0.3 is 15.2 Å². The molecule has 0 bridgehead atoms. The number of carbonyl (C=O) groups is 2. The number of nitrogens with one attached hydrogen (secondary N) is 1. The van der Waals surface area contributed by atoms with Crippen LogP contribution in [-0.2, 0) is 16.1 Å². The molecule has 0 aromatic heterocycles. The smallest absolute Gasteiger partial charge is 0.408 e. The molecule has 0 aliphatic heterocycles. The van der Waals surface area contributed by atoms with Gasteiger partial charge in [-0.2, -0.15) is 0 Å². The summed E-state index contributed by atoms with van der Waals surface area (Å²) >= 11 is 0. The van der Waals surface area contributed by atoms with Crippen molar-refractivity contribution in [2.24, 2.45) is 0 Å². The summed E-state index contributed by atoms with van der Waals surface area (Å²) in [7, 11) is 0. The third kappa shape index (κ3) is 4.34. The van der Waals surface area contributed by atoms with Gasteiger partial charge in [0.05, 0.1) is 0 Å². The van der Waals surface area contributed by atoms with Crippen LogP contribution in [0.4, 0.5) is 4.79 Å². The number of aliphatic carboxylic acids is 1. The number of carboxylic acid groups (broad SMARTS) is 1. The number of amides is 1. The minimum atomic E-state index is -1.14. The van der Waals surface area contributed by atoms with E-state index in [1.165, 1.54) is 0 Å². The first kappa shape index (κ1) is 15.6. The monoisotopic (exact) mass is 299 g/mol. The Bertz CT molecular complexity index is 637. The second-order valence-corrected chi connectivity index (χ2v) is 4.89. The molecule has 0 spiro atoms. The summed E-state index contributed by atoms with van der Waals surface area (Å²) in [4.78, 5) is 23.1. The van der Waals surface area contributed by atoms with Crippen molar-refractivity contribution in [1.82, 2.24) is 5.32 Å². The highest BCUT2D eigenvalue weighted by Crippen LogP contribution is 2.14. The second-order valence-electron chi connectivity index (χ2n) is 4.89. The molecule has 1 atom stereocenters. The summed E-state index contributed by atoms with van der Waals surface area (Å²) in [6.45, 7) is 1.99. The van der Waals surface area contributed by atoms with Gasteiger partial charge >= 0.3 is 12.1 Å². The van der Waals surface area contributed by atoms with Crippen LogP contribution in [0.5, 0.6) is 0 Å². The highest BCUT2D eigenvalue weighted by molar-refractivity contribution is 5.81. The molecular formula is C17H17NO4. The van der Waals surface area contributed by atoms with Crippen molar-refractivity contribution in [2.75, 3.05) is 0 Å². The Morgan fingerprint density at radius 3 is 2.32 bits per heavy atom. The summed E-state index contributed by atoms with van der Waals surface area (Å²) in [5, 5.41) is 11.6. The average molecular weight is 299 g/mol. The number of hydrogen-bond donors (Lipinski definition) is 2. The zero-order valence-electron chi connectivity index (χ0n) is 12.2. The molecule has 22 heavy (non-hydrogen) atoms. The molecule has 2 aromatic carbocycles. The number of benzene rings is 2. The van der Waals surface area contributed by atoms with Crippen molar-refractivity contribution in [3.8, 4) is 0 Å².